The summed E-state index contributed by atoms with van der Waals surface area (Å²) in [6.45, 7) is 1.60. The average Bonchev–Trinajstić information content (AvgIpc) is 2.87. The number of nitrogens with one attached hydrogen (secondary N) is 2. The number of anilines is 2. The van der Waals surface area contributed by atoms with Crippen LogP contribution >= 0.6 is 0 Å². The highest BCUT2D eigenvalue weighted by molar-refractivity contribution is 5.69. The molecule has 0 saturated carbocycles. The first-order valence-electron chi connectivity index (χ1n) is 6.18. The van der Waals surface area contributed by atoms with Crippen molar-refractivity contribution in [2.75, 3.05) is 5.32 Å². The van der Waals surface area contributed by atoms with Crippen molar-refractivity contribution in [2.45, 2.75) is 13.3 Å². The summed E-state index contributed by atoms with van der Waals surface area (Å²) in [5.74, 6) is -0.763. The lowest BCUT2D eigenvalue weighted by atomic mass is 10.2. The molecule has 0 spiro atoms. The van der Waals surface area contributed by atoms with Gasteiger partial charge in [-0.05, 0) is 34.9 Å². The molecule has 3 aromatic rings. The molecule has 23 heavy (non-hydrogen) atoms. The second kappa shape index (κ2) is 5.26. The lowest BCUT2D eigenvalue weighted by Gasteiger charge is -2.14. The Hall–Kier alpha value is -3.11. The molecule has 0 amide bonds. The molecule has 0 atom stereocenters. The maximum Gasteiger partial charge on any atom is 0.573 e. The van der Waals surface area contributed by atoms with E-state index in [0.29, 0.717) is 5.56 Å². The molecule has 2 heterocycles. The fraction of sp³-hybridized carbons (Fsp3) is 0.167. The molecule has 0 bridgehead atoms. The number of hydrogen-bond acceptors (Lipinski definition) is 7. The smallest absolute Gasteiger partial charge is 0.404 e. The zero-order valence-electron chi connectivity index (χ0n) is 11.4. The second-order valence-electron chi connectivity index (χ2n) is 4.52. The fourth-order valence-electron chi connectivity index (χ4n) is 1.81. The van der Waals surface area contributed by atoms with Gasteiger partial charge in [0.25, 0.3) is 5.56 Å². The highest BCUT2D eigenvalue weighted by Crippen LogP contribution is 2.32. The van der Waals surface area contributed by atoms with Crippen molar-refractivity contribution in [1.29, 1.82) is 0 Å². The van der Waals surface area contributed by atoms with Gasteiger partial charge in [-0.1, -0.05) is 6.07 Å². The molecular formula is C12H8F3N5O3. The molecule has 2 aromatic heterocycles. The zero-order chi connectivity index (χ0) is 16.6. The first-order valence-corrected chi connectivity index (χ1v) is 6.18. The quantitative estimate of drug-likeness (QED) is 0.760. The topological polar surface area (TPSA) is 106 Å². The summed E-state index contributed by atoms with van der Waals surface area (Å²) in [6.07, 6.45) is -4.87. The number of hydrogen-bond donors (Lipinski definition) is 2. The molecule has 0 unspecified atom stereocenters. The van der Waals surface area contributed by atoms with Gasteiger partial charge in [-0.3, -0.25) is 9.78 Å². The van der Waals surface area contributed by atoms with Crippen molar-refractivity contribution in [3.63, 3.8) is 0 Å². The van der Waals surface area contributed by atoms with E-state index in [-0.39, 0.29) is 22.8 Å². The van der Waals surface area contributed by atoms with Crippen molar-refractivity contribution in [3.8, 4) is 5.75 Å². The van der Waals surface area contributed by atoms with Gasteiger partial charge in [-0.25, -0.2) is 4.63 Å². The molecule has 120 valence electrons. The van der Waals surface area contributed by atoms with Gasteiger partial charge >= 0.3 is 6.36 Å². The van der Waals surface area contributed by atoms with Gasteiger partial charge in [0.05, 0.1) is 5.69 Å². The number of fused-ring (bicyclic) bond motifs is 1. The van der Waals surface area contributed by atoms with Crippen molar-refractivity contribution in [3.05, 3.63) is 34.1 Å². The predicted octanol–water partition coefficient (Wildman–Crippen LogP) is 2.26. The van der Waals surface area contributed by atoms with Crippen LogP contribution in [0.25, 0.3) is 11.3 Å². The summed E-state index contributed by atoms with van der Waals surface area (Å²) in [5, 5.41) is 9.32. The van der Waals surface area contributed by atoms with Crippen LogP contribution in [-0.2, 0) is 0 Å². The molecule has 0 aliphatic heterocycles. The Bertz CT molecular complexity index is 918. The zero-order valence-corrected chi connectivity index (χ0v) is 11.4. The predicted molar refractivity (Wildman–Crippen MR) is 71.4 cm³/mol. The Kier molecular flexibility index (Phi) is 3.39. The van der Waals surface area contributed by atoms with E-state index in [1.807, 2.05) is 0 Å². The number of H-pyrrole nitrogens is 1. The molecule has 11 heteroatoms. The Labute approximate surface area is 125 Å². The van der Waals surface area contributed by atoms with E-state index in [2.05, 4.69) is 35.0 Å². The third-order valence-corrected chi connectivity index (χ3v) is 2.75. The summed E-state index contributed by atoms with van der Waals surface area (Å²) in [4.78, 5) is 18.0. The second-order valence-corrected chi connectivity index (χ2v) is 4.52. The number of ether oxygens (including phenoxy) is 1. The van der Waals surface area contributed by atoms with Gasteiger partial charge in [0.1, 0.15) is 0 Å². The molecular weight excluding hydrogens is 319 g/mol. The molecule has 2 N–H and O–H groups in total. The molecule has 0 aliphatic carbocycles. The van der Waals surface area contributed by atoms with Crippen LogP contribution in [0.3, 0.4) is 0 Å². The summed E-state index contributed by atoms with van der Waals surface area (Å²) in [5.41, 5.74) is -0.213. The number of benzene rings is 1. The van der Waals surface area contributed by atoms with Gasteiger partial charge in [0.2, 0.25) is 11.3 Å². The highest BCUT2D eigenvalue weighted by atomic mass is 19.4. The number of halogens is 3. The van der Waals surface area contributed by atoms with Crippen LogP contribution in [0.4, 0.5) is 24.7 Å². The van der Waals surface area contributed by atoms with Gasteiger partial charge in [0, 0.05) is 0 Å². The Morgan fingerprint density at radius 3 is 2.83 bits per heavy atom. The van der Waals surface area contributed by atoms with E-state index in [4.69, 9.17) is 0 Å². The Morgan fingerprint density at radius 1 is 1.30 bits per heavy atom. The van der Waals surface area contributed by atoms with Crippen LogP contribution in [0.5, 0.6) is 5.75 Å². The number of rotatable bonds is 3. The first-order chi connectivity index (χ1) is 10.8. The third-order valence-electron chi connectivity index (χ3n) is 2.75. The lowest BCUT2D eigenvalue weighted by molar-refractivity contribution is -0.274. The van der Waals surface area contributed by atoms with Crippen molar-refractivity contribution in [2.24, 2.45) is 0 Å². The van der Waals surface area contributed by atoms with Crippen molar-refractivity contribution < 1.29 is 22.5 Å². The third kappa shape index (κ3) is 3.22. The molecule has 0 fully saturated rings. The maximum absolute atomic E-state index is 12.5. The SMILES string of the molecule is Cc1ccc(Nc2nc3nonc3[nH]c2=O)c(OC(F)(F)F)c1. The van der Waals surface area contributed by atoms with Gasteiger partial charge in [0.15, 0.2) is 11.6 Å². The molecule has 8 nitrogen and oxygen atoms in total. The van der Waals surface area contributed by atoms with Crippen LogP contribution < -0.4 is 15.6 Å². The maximum atomic E-state index is 12.5. The average molecular weight is 327 g/mol. The number of aromatic nitrogens is 4. The first kappa shape index (κ1) is 14.8. The van der Waals surface area contributed by atoms with E-state index in [9.17, 15) is 18.0 Å². The fourth-order valence-corrected chi connectivity index (χ4v) is 1.81. The van der Waals surface area contributed by atoms with E-state index in [1.165, 1.54) is 12.1 Å². The van der Waals surface area contributed by atoms with Crippen LogP contribution in [-0.4, -0.2) is 26.6 Å². The Balaban J connectivity index is 2.01. The van der Waals surface area contributed by atoms with Crippen LogP contribution in [0.1, 0.15) is 5.56 Å². The summed E-state index contributed by atoms with van der Waals surface area (Å²) < 4.78 is 45.8. The largest absolute Gasteiger partial charge is 0.573 e. The van der Waals surface area contributed by atoms with Crippen molar-refractivity contribution in [1.82, 2.24) is 20.3 Å². The summed E-state index contributed by atoms with van der Waals surface area (Å²) in [6, 6.07) is 4.07. The van der Waals surface area contributed by atoms with Crippen LogP contribution in [0.2, 0.25) is 0 Å². The monoisotopic (exact) mass is 327 g/mol. The number of nitrogens with zero attached hydrogens (tertiary/aromatic N) is 3. The molecule has 0 aliphatic rings. The van der Waals surface area contributed by atoms with E-state index >= 15 is 0 Å². The standard InChI is InChI=1S/C12H8F3N5O3/c1-5-2-3-6(7(4-5)22-12(13,14)15)16-10-11(21)18-9-8(17-10)19-23-20-9/h2-4H,1H3,(H,16,17,19)(H,18,20,21). The summed E-state index contributed by atoms with van der Waals surface area (Å²) in [7, 11) is 0. The van der Waals surface area contributed by atoms with E-state index in [1.54, 1.807) is 13.0 Å². The Morgan fingerprint density at radius 2 is 2.09 bits per heavy atom. The molecule has 0 saturated heterocycles. The van der Waals surface area contributed by atoms with E-state index < -0.39 is 17.7 Å². The molecule has 3 rings (SSSR count). The minimum absolute atomic E-state index is 0.00231. The van der Waals surface area contributed by atoms with Gasteiger partial charge in [-0.15, -0.1) is 13.2 Å². The van der Waals surface area contributed by atoms with E-state index in [0.717, 1.165) is 0 Å². The highest BCUT2D eigenvalue weighted by Gasteiger charge is 2.32. The summed E-state index contributed by atoms with van der Waals surface area (Å²) >= 11 is 0. The number of aryl methyl sites for hydroxylation is 1. The number of aromatic amines is 1. The minimum Gasteiger partial charge on any atom is -0.404 e. The van der Waals surface area contributed by atoms with Gasteiger partial charge < -0.3 is 10.1 Å². The normalized spacial score (nSPS) is 11.7. The molecule has 1 aromatic carbocycles. The number of alkyl halides is 3. The van der Waals surface area contributed by atoms with Gasteiger partial charge in [-0.2, -0.15) is 4.98 Å². The lowest BCUT2D eigenvalue weighted by Crippen LogP contribution is -2.19. The van der Waals surface area contributed by atoms with Crippen LogP contribution in [0, 0.1) is 6.92 Å². The molecule has 0 radical (unpaired) electrons. The minimum atomic E-state index is -4.87. The van der Waals surface area contributed by atoms with Crippen LogP contribution in [0.15, 0.2) is 27.6 Å². The van der Waals surface area contributed by atoms with Crippen molar-refractivity contribution >= 4 is 22.8 Å².